The van der Waals surface area contributed by atoms with Crippen molar-refractivity contribution in [1.29, 1.82) is 0 Å². The first-order valence-corrected chi connectivity index (χ1v) is 7.71. The Balaban J connectivity index is 2.14. The molecular weight excluding hydrogens is 260 g/mol. The van der Waals surface area contributed by atoms with E-state index in [-0.39, 0.29) is 5.97 Å². The molecule has 1 atom stereocenters. The fraction of sp³-hybridized carbons (Fsp3) is 0.714. The van der Waals surface area contributed by atoms with E-state index in [1.165, 1.54) is 6.42 Å². The molecule has 1 fully saturated rings. The van der Waals surface area contributed by atoms with Gasteiger partial charge >= 0.3 is 5.97 Å². The summed E-state index contributed by atoms with van der Waals surface area (Å²) in [4.78, 5) is 18.9. The van der Waals surface area contributed by atoms with E-state index in [0.29, 0.717) is 6.61 Å². The summed E-state index contributed by atoms with van der Waals surface area (Å²) in [5.41, 5.74) is 0.140. The summed E-state index contributed by atoms with van der Waals surface area (Å²) in [7, 11) is 0. The Morgan fingerprint density at radius 2 is 2.37 bits per heavy atom. The SMILES string of the molecule is CCOC(=O)C(C)(C)c1csc(N2CCC(C)C2)n1. The number of anilines is 1. The molecule has 1 saturated heterocycles. The lowest BCUT2D eigenvalue weighted by Crippen LogP contribution is -2.31. The molecule has 2 rings (SSSR count). The quantitative estimate of drug-likeness (QED) is 0.796. The van der Waals surface area contributed by atoms with Gasteiger partial charge in [0.25, 0.3) is 0 Å². The van der Waals surface area contributed by atoms with Gasteiger partial charge in [0.2, 0.25) is 0 Å². The maximum absolute atomic E-state index is 12.0. The van der Waals surface area contributed by atoms with Crippen molar-refractivity contribution >= 4 is 22.4 Å². The molecule has 0 bridgehead atoms. The topological polar surface area (TPSA) is 42.4 Å². The number of rotatable bonds is 4. The molecule has 1 aromatic rings. The van der Waals surface area contributed by atoms with Crippen LogP contribution in [0, 0.1) is 5.92 Å². The van der Waals surface area contributed by atoms with Gasteiger partial charge in [-0.25, -0.2) is 4.98 Å². The number of thiazole rings is 1. The monoisotopic (exact) mass is 282 g/mol. The number of esters is 1. The number of nitrogens with zero attached hydrogens (tertiary/aromatic N) is 2. The van der Waals surface area contributed by atoms with Gasteiger partial charge in [-0.1, -0.05) is 6.92 Å². The normalized spacial score (nSPS) is 19.8. The van der Waals surface area contributed by atoms with Crippen molar-refractivity contribution < 1.29 is 9.53 Å². The number of carbonyl (C=O) groups is 1. The molecule has 4 nitrogen and oxygen atoms in total. The minimum Gasteiger partial charge on any atom is -0.465 e. The smallest absolute Gasteiger partial charge is 0.317 e. The standard InChI is InChI=1S/C14H22N2O2S/c1-5-18-12(17)14(3,4)11-9-19-13(15-11)16-7-6-10(2)8-16/h9-10H,5-8H2,1-4H3. The fourth-order valence-electron chi connectivity index (χ4n) is 2.22. The highest BCUT2D eigenvalue weighted by atomic mass is 32.1. The van der Waals surface area contributed by atoms with Gasteiger partial charge in [-0.2, -0.15) is 0 Å². The number of aromatic nitrogens is 1. The zero-order chi connectivity index (χ0) is 14.0. The zero-order valence-electron chi connectivity index (χ0n) is 12.1. The highest BCUT2D eigenvalue weighted by Gasteiger charge is 2.34. The summed E-state index contributed by atoms with van der Waals surface area (Å²) in [5.74, 6) is 0.520. The van der Waals surface area contributed by atoms with Gasteiger partial charge in [-0.3, -0.25) is 4.79 Å². The second kappa shape index (κ2) is 5.49. The van der Waals surface area contributed by atoms with E-state index in [1.807, 2.05) is 26.2 Å². The average molecular weight is 282 g/mol. The van der Waals surface area contributed by atoms with Crippen molar-refractivity contribution in [1.82, 2.24) is 4.98 Å². The second-order valence-electron chi connectivity index (χ2n) is 5.70. The number of hydrogen-bond acceptors (Lipinski definition) is 5. The Hall–Kier alpha value is -1.10. The first-order valence-electron chi connectivity index (χ1n) is 6.83. The molecule has 2 heterocycles. The number of carbonyl (C=O) groups excluding carboxylic acids is 1. The van der Waals surface area contributed by atoms with Crippen LogP contribution in [0.3, 0.4) is 0 Å². The van der Waals surface area contributed by atoms with E-state index in [1.54, 1.807) is 11.3 Å². The van der Waals surface area contributed by atoms with Gasteiger partial charge < -0.3 is 9.64 Å². The molecule has 0 spiro atoms. The Morgan fingerprint density at radius 1 is 1.63 bits per heavy atom. The van der Waals surface area contributed by atoms with Crippen LogP contribution in [-0.2, 0) is 14.9 Å². The van der Waals surface area contributed by atoms with Gasteiger partial charge in [0.05, 0.1) is 12.3 Å². The molecule has 1 aliphatic heterocycles. The molecule has 5 heteroatoms. The van der Waals surface area contributed by atoms with Gasteiger partial charge in [-0.05, 0) is 33.1 Å². The van der Waals surface area contributed by atoms with Crippen LogP contribution in [0.15, 0.2) is 5.38 Å². The van der Waals surface area contributed by atoms with E-state index >= 15 is 0 Å². The minimum absolute atomic E-state index is 0.207. The number of hydrogen-bond donors (Lipinski definition) is 0. The number of ether oxygens (including phenoxy) is 1. The van der Waals surface area contributed by atoms with Crippen LogP contribution in [0.25, 0.3) is 0 Å². The molecule has 1 aliphatic rings. The van der Waals surface area contributed by atoms with E-state index < -0.39 is 5.41 Å². The third kappa shape index (κ3) is 2.91. The van der Waals surface area contributed by atoms with Crippen molar-refractivity contribution in [2.75, 3.05) is 24.6 Å². The Kier molecular flexibility index (Phi) is 4.13. The molecule has 0 aliphatic carbocycles. The molecule has 0 amide bonds. The van der Waals surface area contributed by atoms with Crippen LogP contribution < -0.4 is 4.90 Å². The summed E-state index contributed by atoms with van der Waals surface area (Å²) in [6.45, 7) is 10.4. The summed E-state index contributed by atoms with van der Waals surface area (Å²) in [6.07, 6.45) is 1.22. The Morgan fingerprint density at radius 3 is 2.95 bits per heavy atom. The molecule has 19 heavy (non-hydrogen) atoms. The van der Waals surface area contributed by atoms with E-state index in [0.717, 1.165) is 29.8 Å². The summed E-state index contributed by atoms with van der Waals surface area (Å²) in [6, 6.07) is 0. The summed E-state index contributed by atoms with van der Waals surface area (Å²) >= 11 is 1.62. The third-order valence-electron chi connectivity index (χ3n) is 3.61. The van der Waals surface area contributed by atoms with Crippen molar-refractivity contribution in [3.05, 3.63) is 11.1 Å². The van der Waals surface area contributed by atoms with E-state index in [2.05, 4.69) is 16.8 Å². The minimum atomic E-state index is -0.671. The lowest BCUT2D eigenvalue weighted by atomic mass is 9.90. The predicted molar refractivity (Wildman–Crippen MR) is 77.8 cm³/mol. The molecule has 0 radical (unpaired) electrons. The van der Waals surface area contributed by atoms with Crippen molar-refractivity contribution in [3.63, 3.8) is 0 Å². The van der Waals surface area contributed by atoms with Crippen LogP contribution in [0.1, 0.15) is 39.8 Å². The van der Waals surface area contributed by atoms with Crippen molar-refractivity contribution in [3.8, 4) is 0 Å². The maximum atomic E-state index is 12.0. The summed E-state index contributed by atoms with van der Waals surface area (Å²) in [5, 5.41) is 3.01. The van der Waals surface area contributed by atoms with Crippen LogP contribution in [-0.4, -0.2) is 30.6 Å². The maximum Gasteiger partial charge on any atom is 0.317 e. The highest BCUT2D eigenvalue weighted by Crippen LogP contribution is 2.32. The lowest BCUT2D eigenvalue weighted by Gasteiger charge is -2.20. The molecule has 0 saturated carbocycles. The Labute approximate surface area is 118 Å². The highest BCUT2D eigenvalue weighted by molar-refractivity contribution is 7.13. The first-order chi connectivity index (χ1) is 8.95. The van der Waals surface area contributed by atoms with E-state index in [4.69, 9.17) is 4.74 Å². The zero-order valence-corrected chi connectivity index (χ0v) is 12.9. The van der Waals surface area contributed by atoms with Crippen molar-refractivity contribution in [2.24, 2.45) is 5.92 Å². The summed E-state index contributed by atoms with van der Waals surface area (Å²) < 4.78 is 5.12. The molecule has 1 unspecified atom stereocenters. The molecular formula is C14H22N2O2S. The van der Waals surface area contributed by atoms with Crippen LogP contribution in [0.5, 0.6) is 0 Å². The van der Waals surface area contributed by atoms with Crippen LogP contribution in [0.4, 0.5) is 5.13 Å². The Bertz CT molecular complexity index is 456. The first kappa shape index (κ1) is 14.3. The molecule has 106 valence electrons. The van der Waals surface area contributed by atoms with Crippen molar-refractivity contribution in [2.45, 2.75) is 39.5 Å². The molecule has 1 aromatic heterocycles. The van der Waals surface area contributed by atoms with Gasteiger partial charge in [0, 0.05) is 18.5 Å². The average Bonchev–Trinajstić information content (AvgIpc) is 2.97. The lowest BCUT2D eigenvalue weighted by molar-refractivity contribution is -0.148. The van der Waals surface area contributed by atoms with Crippen LogP contribution in [0.2, 0.25) is 0 Å². The molecule has 0 N–H and O–H groups in total. The van der Waals surface area contributed by atoms with Gasteiger partial charge in [-0.15, -0.1) is 11.3 Å². The van der Waals surface area contributed by atoms with Gasteiger partial charge in [0.1, 0.15) is 5.41 Å². The van der Waals surface area contributed by atoms with Crippen LogP contribution >= 0.6 is 11.3 Å². The van der Waals surface area contributed by atoms with E-state index in [9.17, 15) is 4.79 Å². The van der Waals surface area contributed by atoms with Gasteiger partial charge in [0.15, 0.2) is 5.13 Å². The predicted octanol–water partition coefficient (Wildman–Crippen LogP) is 2.83. The fourth-order valence-corrected chi connectivity index (χ4v) is 3.25. The second-order valence-corrected chi connectivity index (χ2v) is 6.54. The molecule has 0 aromatic carbocycles. The largest absolute Gasteiger partial charge is 0.465 e. The third-order valence-corrected chi connectivity index (χ3v) is 4.51.